The van der Waals surface area contributed by atoms with Crippen LogP contribution in [0.2, 0.25) is 0 Å². The molecule has 5 N–H and O–H groups in total. The molecule has 2 aromatic heterocycles. The summed E-state index contributed by atoms with van der Waals surface area (Å²) in [6, 6.07) is 17.4. The third-order valence-electron chi connectivity index (χ3n) is 7.75. The first-order chi connectivity index (χ1) is 22.0. The van der Waals surface area contributed by atoms with Crippen LogP contribution >= 0.6 is 0 Å². The van der Waals surface area contributed by atoms with Gasteiger partial charge in [0.15, 0.2) is 5.72 Å². The Morgan fingerprint density at radius 3 is 2.17 bits per heavy atom. The van der Waals surface area contributed by atoms with E-state index in [1.54, 1.807) is 72.7 Å². The highest BCUT2D eigenvalue weighted by molar-refractivity contribution is 5.89. The van der Waals surface area contributed by atoms with E-state index in [2.05, 4.69) is 15.4 Å². The van der Waals surface area contributed by atoms with Crippen LogP contribution in [-0.2, 0) is 37.6 Å². The van der Waals surface area contributed by atoms with E-state index in [0.717, 1.165) is 16.7 Å². The summed E-state index contributed by atoms with van der Waals surface area (Å²) in [6.45, 7) is -0.283. The van der Waals surface area contributed by atoms with Gasteiger partial charge in [0.05, 0.1) is 25.4 Å². The normalized spacial score (nSPS) is 16.8. The van der Waals surface area contributed by atoms with Crippen molar-refractivity contribution in [1.82, 2.24) is 14.8 Å². The van der Waals surface area contributed by atoms with Gasteiger partial charge in [0, 0.05) is 42.5 Å². The number of nitrogens with zero attached hydrogens (tertiary/aromatic N) is 3. The second-order valence-electron chi connectivity index (χ2n) is 10.8. The SMILES string of the molecule is Cn1cc(-c2ccncc2)c(-c2ccc(COC3(C(CC(=O)O)C(=O)O)Nc4ccccc4C=C3C(CC(=O)O)C(=O)O)cc2)n1. The number of para-hydroxylation sites is 1. The molecule has 0 bridgehead atoms. The Bertz CT molecular complexity index is 1820. The Hall–Kier alpha value is -5.82. The molecule has 0 saturated heterocycles. The summed E-state index contributed by atoms with van der Waals surface area (Å²) in [5.41, 5.74) is 2.18. The summed E-state index contributed by atoms with van der Waals surface area (Å²) >= 11 is 0. The Balaban J connectivity index is 1.56. The maximum atomic E-state index is 12.7. The first-order valence-corrected chi connectivity index (χ1v) is 14.1. The summed E-state index contributed by atoms with van der Waals surface area (Å²) in [5, 5.41) is 47.3. The van der Waals surface area contributed by atoms with E-state index in [4.69, 9.17) is 4.74 Å². The van der Waals surface area contributed by atoms with E-state index in [9.17, 15) is 39.6 Å². The second kappa shape index (κ2) is 13.0. The molecule has 0 saturated carbocycles. The molecule has 13 nitrogen and oxygen atoms in total. The molecule has 13 heteroatoms. The highest BCUT2D eigenvalue weighted by Crippen LogP contribution is 2.45. The molecule has 3 heterocycles. The van der Waals surface area contributed by atoms with Gasteiger partial charge in [-0.05, 0) is 46.5 Å². The van der Waals surface area contributed by atoms with Crippen LogP contribution in [0.4, 0.5) is 5.69 Å². The van der Waals surface area contributed by atoms with Crippen molar-refractivity contribution in [3.05, 3.63) is 96.0 Å². The van der Waals surface area contributed by atoms with E-state index < -0.39 is 54.3 Å². The third-order valence-corrected chi connectivity index (χ3v) is 7.75. The number of hydrogen-bond acceptors (Lipinski definition) is 8. The zero-order chi connectivity index (χ0) is 33.0. The van der Waals surface area contributed by atoms with E-state index in [1.165, 1.54) is 6.08 Å². The minimum absolute atomic E-state index is 0.221. The van der Waals surface area contributed by atoms with Crippen molar-refractivity contribution in [2.45, 2.75) is 25.2 Å². The lowest BCUT2D eigenvalue weighted by molar-refractivity contribution is -0.161. The lowest BCUT2D eigenvalue weighted by atomic mass is 9.75. The topological polar surface area (TPSA) is 201 Å². The van der Waals surface area contributed by atoms with Crippen LogP contribution in [0.1, 0.15) is 24.0 Å². The van der Waals surface area contributed by atoms with Crippen molar-refractivity contribution in [1.29, 1.82) is 0 Å². The number of carbonyl (C=O) groups is 4. The summed E-state index contributed by atoms with van der Waals surface area (Å²) in [4.78, 5) is 52.9. The summed E-state index contributed by atoms with van der Waals surface area (Å²) in [7, 11) is 1.81. The quantitative estimate of drug-likeness (QED) is 0.142. The molecule has 0 radical (unpaired) electrons. The molecule has 5 rings (SSSR count). The zero-order valence-corrected chi connectivity index (χ0v) is 24.5. The van der Waals surface area contributed by atoms with Gasteiger partial charge in [-0.3, -0.25) is 28.8 Å². The molecular weight excluding hydrogens is 596 g/mol. The lowest BCUT2D eigenvalue weighted by Gasteiger charge is -2.45. The molecule has 0 aliphatic carbocycles. The minimum Gasteiger partial charge on any atom is -0.481 e. The van der Waals surface area contributed by atoms with E-state index in [0.29, 0.717) is 22.5 Å². The van der Waals surface area contributed by atoms with Crippen LogP contribution in [0.15, 0.2) is 84.8 Å². The Morgan fingerprint density at radius 1 is 0.870 bits per heavy atom. The van der Waals surface area contributed by atoms with Crippen LogP contribution < -0.4 is 5.32 Å². The van der Waals surface area contributed by atoms with Crippen LogP contribution in [0.5, 0.6) is 0 Å². The predicted molar refractivity (Wildman–Crippen MR) is 164 cm³/mol. The molecule has 236 valence electrons. The number of aromatic nitrogens is 3. The average molecular weight is 627 g/mol. The highest BCUT2D eigenvalue weighted by atomic mass is 16.5. The number of nitrogens with one attached hydrogen (secondary N) is 1. The number of carboxylic acids is 4. The summed E-state index contributed by atoms with van der Waals surface area (Å²) in [5.74, 6) is -9.61. The number of fused-ring (bicyclic) bond motifs is 1. The van der Waals surface area contributed by atoms with Crippen molar-refractivity contribution in [2.75, 3.05) is 5.32 Å². The van der Waals surface area contributed by atoms with Gasteiger partial charge in [-0.15, -0.1) is 0 Å². The fraction of sp³-hybridized carbons (Fsp3) is 0.212. The number of aryl methyl sites for hydroxylation is 1. The summed E-state index contributed by atoms with van der Waals surface area (Å²) in [6.07, 6.45) is 4.78. The number of anilines is 1. The molecule has 4 aromatic rings. The van der Waals surface area contributed by atoms with Crippen molar-refractivity contribution in [3.8, 4) is 22.4 Å². The van der Waals surface area contributed by atoms with Crippen LogP contribution in [0.25, 0.3) is 28.5 Å². The molecule has 0 fully saturated rings. The molecule has 0 spiro atoms. The number of hydrogen-bond donors (Lipinski definition) is 5. The van der Waals surface area contributed by atoms with Gasteiger partial charge in [0.2, 0.25) is 0 Å². The predicted octanol–water partition coefficient (Wildman–Crippen LogP) is 4.22. The van der Waals surface area contributed by atoms with Gasteiger partial charge in [-0.25, -0.2) is 0 Å². The van der Waals surface area contributed by atoms with Gasteiger partial charge in [0.1, 0.15) is 11.6 Å². The van der Waals surface area contributed by atoms with Gasteiger partial charge in [0.25, 0.3) is 0 Å². The fourth-order valence-corrected chi connectivity index (χ4v) is 5.64. The van der Waals surface area contributed by atoms with Gasteiger partial charge in [-0.2, -0.15) is 5.10 Å². The third kappa shape index (κ3) is 6.49. The van der Waals surface area contributed by atoms with Gasteiger partial charge >= 0.3 is 23.9 Å². The number of pyridine rings is 1. The average Bonchev–Trinajstić information content (AvgIpc) is 3.43. The first-order valence-electron chi connectivity index (χ1n) is 14.1. The van der Waals surface area contributed by atoms with E-state index in [-0.39, 0.29) is 12.2 Å². The standard InChI is InChI=1S/C33H30N4O9/c1-37-17-24(20-10-12-34-13-11-20)30(36-37)21-8-6-19(7-9-21)18-46-33(26(32(44)45)16-29(40)41)25(23(31(42)43)15-28(38)39)14-22-4-2-3-5-27(22)35-33/h2-14,17,23,26,35H,15-16,18H2,1H3,(H,38,39)(H,40,41)(H,42,43)(H,44,45). The smallest absolute Gasteiger partial charge is 0.312 e. The molecule has 1 aliphatic heterocycles. The Morgan fingerprint density at radius 2 is 1.54 bits per heavy atom. The minimum atomic E-state index is -2.24. The first kappa shape index (κ1) is 31.6. The number of benzene rings is 2. The number of ether oxygens (including phenoxy) is 1. The van der Waals surface area contributed by atoms with Gasteiger partial charge in [-0.1, -0.05) is 42.5 Å². The second-order valence-corrected chi connectivity index (χ2v) is 10.8. The highest BCUT2D eigenvalue weighted by Gasteiger charge is 2.53. The van der Waals surface area contributed by atoms with Crippen LogP contribution in [-0.4, -0.2) is 64.8 Å². The zero-order valence-electron chi connectivity index (χ0n) is 24.5. The van der Waals surface area contributed by atoms with E-state index >= 15 is 0 Å². The van der Waals surface area contributed by atoms with Gasteiger partial charge < -0.3 is 30.5 Å². The maximum Gasteiger partial charge on any atom is 0.312 e. The largest absolute Gasteiger partial charge is 0.481 e. The fourth-order valence-electron chi connectivity index (χ4n) is 5.64. The molecular formula is C33H30N4O9. The lowest BCUT2D eigenvalue weighted by Crippen LogP contribution is -2.56. The van der Waals surface area contributed by atoms with Crippen molar-refractivity contribution >= 4 is 35.6 Å². The molecule has 46 heavy (non-hydrogen) atoms. The Labute approximate surface area is 262 Å². The molecule has 2 aromatic carbocycles. The van der Waals surface area contributed by atoms with Crippen molar-refractivity contribution < 1.29 is 44.3 Å². The van der Waals surface area contributed by atoms with Crippen molar-refractivity contribution in [3.63, 3.8) is 0 Å². The number of carboxylic acid groups (broad SMARTS) is 4. The van der Waals surface area contributed by atoms with Crippen LogP contribution in [0, 0.1) is 11.8 Å². The van der Waals surface area contributed by atoms with Crippen LogP contribution in [0.3, 0.4) is 0 Å². The van der Waals surface area contributed by atoms with Crippen molar-refractivity contribution in [2.24, 2.45) is 18.9 Å². The molecule has 3 unspecified atom stereocenters. The Kier molecular flexibility index (Phi) is 8.96. The number of rotatable bonds is 13. The summed E-state index contributed by atoms with van der Waals surface area (Å²) < 4.78 is 7.99. The molecule has 0 amide bonds. The molecule has 1 aliphatic rings. The van der Waals surface area contributed by atoms with E-state index in [1.807, 2.05) is 18.3 Å². The maximum absolute atomic E-state index is 12.7. The number of aliphatic carboxylic acids is 4. The molecule has 3 atom stereocenters. The monoisotopic (exact) mass is 626 g/mol.